The summed E-state index contributed by atoms with van der Waals surface area (Å²) in [5.41, 5.74) is 1.13. The van der Waals surface area contributed by atoms with E-state index in [-0.39, 0.29) is 11.9 Å². The minimum absolute atomic E-state index is 0.141. The van der Waals surface area contributed by atoms with Crippen molar-refractivity contribution in [2.24, 2.45) is 5.41 Å². The fourth-order valence-electron chi connectivity index (χ4n) is 2.32. The molecular weight excluding hydrogens is 204 g/mol. The minimum atomic E-state index is -0.141. The summed E-state index contributed by atoms with van der Waals surface area (Å²) < 4.78 is 4.93. The summed E-state index contributed by atoms with van der Waals surface area (Å²) in [5.74, 6) is 0.197. The van der Waals surface area contributed by atoms with E-state index in [9.17, 15) is 4.79 Å². The smallest absolute Gasteiger partial charge is 0.290 e. The van der Waals surface area contributed by atoms with Crippen LogP contribution in [0.15, 0.2) is 10.7 Å². The first-order valence-electron chi connectivity index (χ1n) is 5.70. The molecule has 1 heterocycles. The fraction of sp³-hybridized carbons (Fsp3) is 0.667. The van der Waals surface area contributed by atoms with Crippen molar-refractivity contribution < 1.29 is 9.32 Å². The van der Waals surface area contributed by atoms with E-state index in [4.69, 9.17) is 4.52 Å². The largest absolute Gasteiger partial charge is 0.351 e. The molecule has 1 N–H and O–H groups in total. The number of carbonyl (C=O) groups is 1. The predicted octanol–water partition coefficient (Wildman–Crippen LogP) is 2.29. The summed E-state index contributed by atoms with van der Waals surface area (Å²) in [6.45, 7) is 6.29. The van der Waals surface area contributed by atoms with E-state index in [1.54, 1.807) is 6.20 Å². The Morgan fingerprint density at radius 2 is 2.38 bits per heavy atom. The molecule has 4 nitrogen and oxygen atoms in total. The molecule has 1 aromatic rings. The van der Waals surface area contributed by atoms with Crippen molar-refractivity contribution in [1.29, 1.82) is 0 Å². The molecule has 0 spiro atoms. The lowest BCUT2D eigenvalue weighted by atomic mass is 9.92. The molecule has 88 valence electrons. The highest BCUT2D eigenvalue weighted by atomic mass is 16.5. The standard InChI is InChI=1S/C12H18N2O2/c1-8-7-13-16-10(8)11(15)14-9-4-5-12(2,3)6-9/h7,9H,4-6H2,1-3H3,(H,14,15). The molecule has 16 heavy (non-hydrogen) atoms. The summed E-state index contributed by atoms with van der Waals surface area (Å²) in [4.78, 5) is 11.8. The second-order valence-corrected chi connectivity index (χ2v) is 5.42. The number of amides is 1. The SMILES string of the molecule is Cc1cnoc1C(=O)NC1CCC(C)(C)C1. The number of nitrogens with zero attached hydrogens (tertiary/aromatic N) is 1. The molecule has 1 unspecified atom stereocenters. The molecule has 0 aromatic carbocycles. The monoisotopic (exact) mass is 222 g/mol. The van der Waals surface area contributed by atoms with Crippen LogP contribution in [0.4, 0.5) is 0 Å². The summed E-state index contributed by atoms with van der Waals surface area (Å²) >= 11 is 0. The molecule has 4 heteroatoms. The molecule has 0 aliphatic heterocycles. The summed E-state index contributed by atoms with van der Waals surface area (Å²) in [5, 5.41) is 6.62. The fourth-order valence-corrected chi connectivity index (χ4v) is 2.32. The average Bonchev–Trinajstić information content (AvgIpc) is 2.72. The number of nitrogens with one attached hydrogen (secondary N) is 1. The lowest BCUT2D eigenvalue weighted by Gasteiger charge is -2.17. The van der Waals surface area contributed by atoms with E-state index in [1.165, 1.54) is 0 Å². The highest BCUT2D eigenvalue weighted by Gasteiger charge is 2.32. The number of rotatable bonds is 2. The Kier molecular flexibility index (Phi) is 2.74. The van der Waals surface area contributed by atoms with E-state index < -0.39 is 0 Å². The van der Waals surface area contributed by atoms with Gasteiger partial charge in [0.15, 0.2) is 0 Å². The second-order valence-electron chi connectivity index (χ2n) is 5.42. The van der Waals surface area contributed by atoms with E-state index in [0.29, 0.717) is 11.2 Å². The third-order valence-electron chi connectivity index (χ3n) is 3.26. The molecule has 1 aliphatic rings. The van der Waals surface area contributed by atoms with Gasteiger partial charge < -0.3 is 9.84 Å². The van der Waals surface area contributed by atoms with Gasteiger partial charge in [0.05, 0.1) is 6.20 Å². The van der Waals surface area contributed by atoms with Crippen LogP contribution in [0.3, 0.4) is 0 Å². The van der Waals surface area contributed by atoms with Crippen molar-refractivity contribution in [3.05, 3.63) is 17.5 Å². The second kappa shape index (κ2) is 3.92. The van der Waals surface area contributed by atoms with Gasteiger partial charge in [0.2, 0.25) is 5.76 Å². The van der Waals surface area contributed by atoms with Crippen molar-refractivity contribution in [3.8, 4) is 0 Å². The van der Waals surface area contributed by atoms with Crippen LogP contribution >= 0.6 is 0 Å². The topological polar surface area (TPSA) is 55.1 Å². The summed E-state index contributed by atoms with van der Waals surface area (Å²) in [6, 6.07) is 0.270. The number of hydrogen-bond acceptors (Lipinski definition) is 3. The Morgan fingerprint density at radius 1 is 1.62 bits per heavy atom. The van der Waals surface area contributed by atoms with Crippen LogP contribution in [0.5, 0.6) is 0 Å². The lowest BCUT2D eigenvalue weighted by Crippen LogP contribution is -2.33. The number of aryl methyl sites for hydroxylation is 1. The maximum absolute atomic E-state index is 11.8. The highest BCUT2D eigenvalue weighted by Crippen LogP contribution is 2.36. The van der Waals surface area contributed by atoms with Crippen molar-refractivity contribution in [2.75, 3.05) is 0 Å². The van der Waals surface area contributed by atoms with Crippen LogP contribution < -0.4 is 5.32 Å². The number of carbonyl (C=O) groups excluding carboxylic acids is 1. The van der Waals surface area contributed by atoms with E-state index in [2.05, 4.69) is 24.3 Å². The van der Waals surface area contributed by atoms with Gasteiger partial charge in [-0.15, -0.1) is 0 Å². The normalized spacial score (nSPS) is 23.3. The number of hydrogen-bond donors (Lipinski definition) is 1. The molecule has 1 amide bonds. The van der Waals surface area contributed by atoms with Gasteiger partial charge in [-0.3, -0.25) is 4.79 Å². The molecule has 0 bridgehead atoms. The Balaban J connectivity index is 1.97. The van der Waals surface area contributed by atoms with Crippen LogP contribution in [-0.2, 0) is 0 Å². The van der Waals surface area contributed by atoms with Crippen LogP contribution in [-0.4, -0.2) is 17.1 Å². The van der Waals surface area contributed by atoms with Gasteiger partial charge in [0.1, 0.15) is 0 Å². The number of aromatic nitrogens is 1. The maximum Gasteiger partial charge on any atom is 0.290 e. The molecule has 1 aromatic heterocycles. The third-order valence-corrected chi connectivity index (χ3v) is 3.26. The van der Waals surface area contributed by atoms with Crippen molar-refractivity contribution in [2.45, 2.75) is 46.1 Å². The first-order valence-corrected chi connectivity index (χ1v) is 5.70. The van der Waals surface area contributed by atoms with Gasteiger partial charge in [-0.05, 0) is 31.6 Å². The van der Waals surface area contributed by atoms with E-state index >= 15 is 0 Å². The molecule has 0 radical (unpaired) electrons. The molecule has 2 rings (SSSR count). The van der Waals surface area contributed by atoms with Gasteiger partial charge >= 0.3 is 0 Å². The van der Waals surface area contributed by atoms with Crippen LogP contribution in [0.2, 0.25) is 0 Å². The lowest BCUT2D eigenvalue weighted by molar-refractivity contribution is 0.0898. The van der Waals surface area contributed by atoms with Crippen molar-refractivity contribution in [1.82, 2.24) is 10.5 Å². The van der Waals surface area contributed by atoms with E-state index in [0.717, 1.165) is 24.8 Å². The molecule has 0 saturated heterocycles. The molecule has 1 fully saturated rings. The minimum Gasteiger partial charge on any atom is -0.351 e. The first kappa shape index (κ1) is 11.2. The van der Waals surface area contributed by atoms with Gasteiger partial charge in [0.25, 0.3) is 5.91 Å². The summed E-state index contributed by atoms with van der Waals surface area (Å²) in [6.07, 6.45) is 4.80. The molecular formula is C12H18N2O2. The van der Waals surface area contributed by atoms with Crippen LogP contribution in [0, 0.1) is 12.3 Å². The third kappa shape index (κ3) is 2.26. The first-order chi connectivity index (χ1) is 7.48. The zero-order valence-corrected chi connectivity index (χ0v) is 10.0. The van der Waals surface area contributed by atoms with Gasteiger partial charge in [0, 0.05) is 11.6 Å². The highest BCUT2D eigenvalue weighted by molar-refractivity contribution is 5.92. The average molecular weight is 222 g/mol. The Hall–Kier alpha value is -1.32. The zero-order valence-electron chi connectivity index (χ0n) is 10.0. The Labute approximate surface area is 95.4 Å². The van der Waals surface area contributed by atoms with Crippen molar-refractivity contribution >= 4 is 5.91 Å². The van der Waals surface area contributed by atoms with Crippen LogP contribution in [0.25, 0.3) is 0 Å². The quantitative estimate of drug-likeness (QED) is 0.835. The maximum atomic E-state index is 11.8. The molecule has 1 saturated carbocycles. The summed E-state index contributed by atoms with van der Waals surface area (Å²) in [7, 11) is 0. The Morgan fingerprint density at radius 3 is 2.88 bits per heavy atom. The van der Waals surface area contributed by atoms with Gasteiger partial charge in [-0.25, -0.2) is 0 Å². The van der Waals surface area contributed by atoms with Gasteiger partial charge in [-0.1, -0.05) is 19.0 Å². The predicted molar refractivity (Wildman–Crippen MR) is 60.1 cm³/mol. The van der Waals surface area contributed by atoms with Gasteiger partial charge in [-0.2, -0.15) is 0 Å². The van der Waals surface area contributed by atoms with E-state index in [1.807, 2.05) is 6.92 Å². The van der Waals surface area contributed by atoms with Crippen LogP contribution in [0.1, 0.15) is 49.2 Å². The zero-order chi connectivity index (χ0) is 11.8. The molecule has 1 atom stereocenters. The Bertz CT molecular complexity index is 395. The van der Waals surface area contributed by atoms with Crippen molar-refractivity contribution in [3.63, 3.8) is 0 Å². The molecule has 1 aliphatic carbocycles.